The fourth-order valence-corrected chi connectivity index (χ4v) is 5.50. The molecule has 0 saturated heterocycles. The third-order valence-corrected chi connectivity index (χ3v) is 7.55. The quantitative estimate of drug-likeness (QED) is 0.806. The Balaban J connectivity index is 1.75. The lowest BCUT2D eigenvalue weighted by Crippen LogP contribution is -2.37. The van der Waals surface area contributed by atoms with Gasteiger partial charge in [-0.2, -0.15) is 0 Å². The molecule has 0 aliphatic heterocycles. The van der Waals surface area contributed by atoms with Crippen molar-refractivity contribution in [3.8, 4) is 0 Å². The zero-order valence-electron chi connectivity index (χ0n) is 12.2. The van der Waals surface area contributed by atoms with Crippen LogP contribution < -0.4 is 4.72 Å². The van der Waals surface area contributed by atoms with Gasteiger partial charge in [-0.05, 0) is 60.8 Å². The van der Waals surface area contributed by atoms with Gasteiger partial charge in [0.2, 0.25) is 10.0 Å². The van der Waals surface area contributed by atoms with Crippen LogP contribution in [0.1, 0.15) is 43.2 Å². The van der Waals surface area contributed by atoms with Crippen molar-refractivity contribution in [3.05, 3.63) is 29.3 Å². The van der Waals surface area contributed by atoms with Gasteiger partial charge in [-0.15, -0.1) is 0 Å². The SMILES string of the molecule is O=S(=O)(NCC1(CBr)CCCC1)c1ccc2c(c1)CCC2. The van der Waals surface area contributed by atoms with Gasteiger partial charge in [-0.3, -0.25) is 0 Å². The molecule has 1 N–H and O–H groups in total. The highest BCUT2D eigenvalue weighted by atomic mass is 79.9. The van der Waals surface area contributed by atoms with Crippen LogP contribution in [-0.2, 0) is 22.9 Å². The van der Waals surface area contributed by atoms with Crippen molar-refractivity contribution in [2.45, 2.75) is 49.8 Å². The Bertz CT molecular complexity index is 621. The second kappa shape index (κ2) is 6.01. The van der Waals surface area contributed by atoms with Crippen LogP contribution in [-0.4, -0.2) is 20.3 Å². The normalized spacial score (nSPS) is 20.6. The van der Waals surface area contributed by atoms with E-state index in [2.05, 4.69) is 20.7 Å². The van der Waals surface area contributed by atoms with E-state index in [1.54, 1.807) is 6.07 Å². The molecule has 116 valence electrons. The molecule has 2 aliphatic carbocycles. The Kier molecular flexibility index (Phi) is 4.44. The van der Waals surface area contributed by atoms with Gasteiger partial charge in [0, 0.05) is 11.9 Å². The van der Waals surface area contributed by atoms with Gasteiger partial charge >= 0.3 is 0 Å². The number of hydrogen-bond donors (Lipinski definition) is 1. The van der Waals surface area contributed by atoms with E-state index in [0.29, 0.717) is 11.4 Å². The Morgan fingerprint density at radius 1 is 1.10 bits per heavy atom. The summed E-state index contributed by atoms with van der Waals surface area (Å²) in [6.45, 7) is 0.539. The van der Waals surface area contributed by atoms with Gasteiger partial charge in [-0.1, -0.05) is 34.8 Å². The molecule has 21 heavy (non-hydrogen) atoms. The fraction of sp³-hybridized carbons (Fsp3) is 0.625. The van der Waals surface area contributed by atoms with Crippen molar-refractivity contribution in [2.24, 2.45) is 5.41 Å². The monoisotopic (exact) mass is 371 g/mol. The van der Waals surface area contributed by atoms with E-state index in [0.717, 1.165) is 37.4 Å². The summed E-state index contributed by atoms with van der Waals surface area (Å²) < 4.78 is 27.9. The third kappa shape index (κ3) is 3.20. The number of halogens is 1. The molecule has 0 heterocycles. The molecule has 2 aliphatic rings. The Hall–Kier alpha value is -0.390. The minimum absolute atomic E-state index is 0.101. The van der Waals surface area contributed by atoms with E-state index in [1.807, 2.05) is 12.1 Å². The number of aryl methyl sites for hydroxylation is 2. The first kappa shape index (κ1) is 15.5. The molecule has 0 spiro atoms. The highest BCUT2D eigenvalue weighted by molar-refractivity contribution is 9.09. The second-order valence-corrected chi connectivity index (χ2v) is 8.78. The average molecular weight is 372 g/mol. The summed E-state index contributed by atoms with van der Waals surface area (Å²) in [7, 11) is -3.39. The fourth-order valence-electron chi connectivity index (χ4n) is 3.53. The van der Waals surface area contributed by atoms with Crippen LogP contribution in [0.5, 0.6) is 0 Å². The summed E-state index contributed by atoms with van der Waals surface area (Å²) in [6, 6.07) is 5.59. The molecule has 0 unspecified atom stereocenters. The topological polar surface area (TPSA) is 46.2 Å². The maximum atomic E-state index is 12.5. The number of sulfonamides is 1. The number of fused-ring (bicyclic) bond motifs is 1. The number of hydrogen-bond acceptors (Lipinski definition) is 2. The maximum absolute atomic E-state index is 12.5. The molecule has 0 bridgehead atoms. The standard InChI is InChI=1S/C16H22BrNO2S/c17-11-16(8-1-2-9-16)12-18-21(19,20)15-7-6-13-4-3-5-14(13)10-15/h6-7,10,18H,1-5,8-9,11-12H2. The van der Waals surface area contributed by atoms with Gasteiger partial charge < -0.3 is 0 Å². The summed E-state index contributed by atoms with van der Waals surface area (Å²) in [6.07, 6.45) is 7.83. The summed E-state index contributed by atoms with van der Waals surface area (Å²) in [4.78, 5) is 0.422. The maximum Gasteiger partial charge on any atom is 0.240 e. The van der Waals surface area contributed by atoms with Gasteiger partial charge in [0.25, 0.3) is 0 Å². The van der Waals surface area contributed by atoms with Gasteiger partial charge in [-0.25, -0.2) is 13.1 Å². The van der Waals surface area contributed by atoms with Gasteiger partial charge in [0.15, 0.2) is 0 Å². The molecular weight excluding hydrogens is 350 g/mol. The Morgan fingerprint density at radius 2 is 1.81 bits per heavy atom. The predicted octanol–water partition coefficient (Wildman–Crippen LogP) is 3.41. The third-order valence-electron chi connectivity index (χ3n) is 4.97. The van der Waals surface area contributed by atoms with Crippen molar-refractivity contribution in [1.82, 2.24) is 4.72 Å². The van der Waals surface area contributed by atoms with Crippen LogP contribution in [0.15, 0.2) is 23.1 Å². The molecule has 1 saturated carbocycles. The number of nitrogens with one attached hydrogen (secondary N) is 1. The van der Waals surface area contributed by atoms with Crippen molar-refractivity contribution in [1.29, 1.82) is 0 Å². The van der Waals surface area contributed by atoms with Crippen LogP contribution in [0.4, 0.5) is 0 Å². The first-order valence-corrected chi connectivity index (χ1v) is 10.3. The zero-order valence-corrected chi connectivity index (χ0v) is 14.6. The average Bonchev–Trinajstić information content (AvgIpc) is 3.14. The minimum atomic E-state index is -3.39. The number of rotatable bonds is 5. The summed E-state index contributed by atoms with van der Waals surface area (Å²) >= 11 is 3.56. The van der Waals surface area contributed by atoms with Crippen LogP contribution in [0.3, 0.4) is 0 Å². The predicted molar refractivity (Wildman–Crippen MR) is 88.4 cm³/mol. The highest BCUT2D eigenvalue weighted by Crippen LogP contribution is 2.39. The first-order valence-electron chi connectivity index (χ1n) is 7.72. The van der Waals surface area contributed by atoms with E-state index < -0.39 is 10.0 Å². The Labute approximate surface area is 135 Å². The molecule has 5 heteroatoms. The summed E-state index contributed by atoms with van der Waals surface area (Å²) in [5.41, 5.74) is 2.61. The van der Waals surface area contributed by atoms with Gasteiger partial charge in [0.05, 0.1) is 4.90 Å². The van der Waals surface area contributed by atoms with Crippen molar-refractivity contribution >= 4 is 26.0 Å². The Morgan fingerprint density at radius 3 is 2.52 bits per heavy atom. The molecule has 3 rings (SSSR count). The van der Waals surface area contributed by atoms with Crippen LogP contribution >= 0.6 is 15.9 Å². The van der Waals surface area contributed by atoms with Crippen molar-refractivity contribution in [2.75, 3.05) is 11.9 Å². The van der Waals surface area contributed by atoms with Crippen LogP contribution in [0, 0.1) is 5.41 Å². The minimum Gasteiger partial charge on any atom is -0.211 e. The largest absolute Gasteiger partial charge is 0.240 e. The lowest BCUT2D eigenvalue weighted by molar-refractivity contribution is 0.347. The highest BCUT2D eigenvalue weighted by Gasteiger charge is 2.34. The lowest BCUT2D eigenvalue weighted by atomic mass is 9.89. The van der Waals surface area contributed by atoms with E-state index in [-0.39, 0.29) is 5.41 Å². The van der Waals surface area contributed by atoms with Crippen LogP contribution in [0.25, 0.3) is 0 Å². The van der Waals surface area contributed by atoms with Crippen molar-refractivity contribution < 1.29 is 8.42 Å². The molecule has 0 aromatic heterocycles. The molecule has 1 aromatic rings. The number of benzene rings is 1. The number of alkyl halides is 1. The molecule has 3 nitrogen and oxygen atoms in total. The lowest BCUT2D eigenvalue weighted by Gasteiger charge is -2.26. The summed E-state index contributed by atoms with van der Waals surface area (Å²) in [5.74, 6) is 0. The summed E-state index contributed by atoms with van der Waals surface area (Å²) in [5, 5.41) is 0.868. The van der Waals surface area contributed by atoms with Crippen molar-refractivity contribution in [3.63, 3.8) is 0 Å². The van der Waals surface area contributed by atoms with E-state index >= 15 is 0 Å². The molecule has 1 aromatic carbocycles. The molecule has 0 atom stereocenters. The molecule has 1 fully saturated rings. The van der Waals surface area contributed by atoms with Crippen LogP contribution in [0.2, 0.25) is 0 Å². The zero-order chi connectivity index (χ0) is 14.9. The van der Waals surface area contributed by atoms with E-state index in [4.69, 9.17) is 0 Å². The first-order chi connectivity index (χ1) is 10.0. The van der Waals surface area contributed by atoms with E-state index in [1.165, 1.54) is 24.0 Å². The molecular formula is C16H22BrNO2S. The van der Waals surface area contributed by atoms with E-state index in [9.17, 15) is 8.42 Å². The molecule has 0 radical (unpaired) electrons. The molecule has 0 amide bonds. The smallest absolute Gasteiger partial charge is 0.211 e. The second-order valence-electron chi connectivity index (χ2n) is 6.45. The van der Waals surface area contributed by atoms with Gasteiger partial charge in [0.1, 0.15) is 0 Å².